The van der Waals surface area contributed by atoms with Gasteiger partial charge in [0.1, 0.15) is 6.04 Å². The van der Waals surface area contributed by atoms with E-state index in [1.165, 1.54) is 19.3 Å². The lowest BCUT2D eigenvalue weighted by atomic mass is 9.49. The number of esters is 1. The molecular weight excluding hydrogens is 464 g/mol. The van der Waals surface area contributed by atoms with E-state index < -0.39 is 12.0 Å². The second-order valence-corrected chi connectivity index (χ2v) is 11.7. The van der Waals surface area contributed by atoms with Crippen LogP contribution in [-0.4, -0.2) is 35.3 Å². The molecule has 0 radical (unpaired) electrons. The summed E-state index contributed by atoms with van der Waals surface area (Å²) in [4.78, 5) is 43.1. The first-order chi connectivity index (χ1) is 17.9. The fourth-order valence-electron chi connectivity index (χ4n) is 7.47. The maximum atomic E-state index is 13.8. The quantitative estimate of drug-likeness (QED) is 0.332. The number of hydrogen-bond donors (Lipinski definition) is 2. The number of benzene rings is 2. The molecular formula is C31H34N2O4. The molecule has 2 N–H and O–H groups in total. The Kier molecular flexibility index (Phi) is 6.13. The van der Waals surface area contributed by atoms with Gasteiger partial charge in [0.25, 0.3) is 0 Å². The van der Waals surface area contributed by atoms with Crippen LogP contribution in [0, 0.1) is 30.1 Å². The molecule has 6 heteroatoms. The minimum atomic E-state index is -0.856. The third-order valence-corrected chi connectivity index (χ3v) is 8.93. The number of ether oxygens (including phenoxy) is 1. The number of rotatable bonds is 8. The third-order valence-electron chi connectivity index (χ3n) is 8.93. The predicted molar refractivity (Wildman–Crippen MR) is 141 cm³/mol. The highest BCUT2D eigenvalue weighted by Crippen LogP contribution is 2.60. The van der Waals surface area contributed by atoms with E-state index >= 15 is 0 Å². The molecule has 1 heterocycles. The molecule has 1 amide bonds. The van der Waals surface area contributed by atoms with E-state index in [1.54, 1.807) is 12.1 Å². The fraction of sp³-hybridized carbons (Fsp3) is 0.452. The monoisotopic (exact) mass is 498 g/mol. The van der Waals surface area contributed by atoms with Crippen molar-refractivity contribution in [2.45, 2.75) is 57.9 Å². The van der Waals surface area contributed by atoms with Gasteiger partial charge in [-0.15, -0.1) is 0 Å². The van der Waals surface area contributed by atoms with Crippen LogP contribution in [0.4, 0.5) is 0 Å². The van der Waals surface area contributed by atoms with Gasteiger partial charge >= 0.3 is 5.97 Å². The maximum absolute atomic E-state index is 13.8. The van der Waals surface area contributed by atoms with Crippen LogP contribution < -0.4 is 5.32 Å². The van der Waals surface area contributed by atoms with Crippen molar-refractivity contribution in [2.24, 2.45) is 23.2 Å². The molecule has 2 aromatic carbocycles. The van der Waals surface area contributed by atoms with E-state index in [4.69, 9.17) is 4.74 Å². The van der Waals surface area contributed by atoms with E-state index in [0.717, 1.165) is 41.3 Å². The first kappa shape index (κ1) is 24.0. The smallest absolute Gasteiger partial charge is 0.329 e. The number of fused-ring (bicyclic) bond motifs is 1. The van der Waals surface area contributed by atoms with Gasteiger partial charge in [0, 0.05) is 34.5 Å². The van der Waals surface area contributed by atoms with Crippen molar-refractivity contribution >= 4 is 28.6 Å². The molecule has 0 spiro atoms. The Labute approximate surface area is 217 Å². The molecule has 3 aromatic rings. The van der Waals surface area contributed by atoms with Gasteiger partial charge in [0.2, 0.25) is 5.91 Å². The van der Waals surface area contributed by atoms with Crippen LogP contribution in [0.25, 0.3) is 10.9 Å². The zero-order chi connectivity index (χ0) is 25.6. The van der Waals surface area contributed by atoms with E-state index in [0.29, 0.717) is 29.7 Å². The lowest BCUT2D eigenvalue weighted by Crippen LogP contribution is -2.56. The lowest BCUT2D eigenvalue weighted by molar-refractivity contribution is -0.153. The van der Waals surface area contributed by atoms with Crippen LogP contribution in [0.1, 0.15) is 60.0 Å². The first-order valence-electron chi connectivity index (χ1n) is 13.5. The Morgan fingerprint density at radius 3 is 2.30 bits per heavy atom. The SMILES string of the molecule is Cc1ccc(C(=O)COC(=O)[C@@H](Cc2c[nH]c3ccccc23)NC(=O)C23CC4CC(CC(C4)C2)C3)cc1. The molecule has 0 unspecified atom stereocenters. The molecule has 4 aliphatic rings. The zero-order valence-corrected chi connectivity index (χ0v) is 21.3. The number of nitrogens with one attached hydrogen (secondary N) is 2. The Bertz CT molecular complexity index is 1300. The van der Waals surface area contributed by atoms with Crippen LogP contribution in [0.3, 0.4) is 0 Å². The minimum Gasteiger partial charge on any atom is -0.456 e. The number of para-hydroxylation sites is 1. The van der Waals surface area contributed by atoms with Gasteiger partial charge in [0.05, 0.1) is 0 Å². The normalized spacial score (nSPS) is 26.7. The highest BCUT2D eigenvalue weighted by atomic mass is 16.5. The minimum absolute atomic E-state index is 0.0155. The van der Waals surface area contributed by atoms with Crippen molar-refractivity contribution in [1.29, 1.82) is 0 Å². The molecule has 37 heavy (non-hydrogen) atoms. The van der Waals surface area contributed by atoms with Crippen molar-refractivity contribution in [3.05, 3.63) is 71.4 Å². The van der Waals surface area contributed by atoms with Crippen molar-refractivity contribution in [2.75, 3.05) is 6.61 Å². The lowest BCUT2D eigenvalue weighted by Gasteiger charge is -2.55. The van der Waals surface area contributed by atoms with Crippen LogP contribution >= 0.6 is 0 Å². The van der Waals surface area contributed by atoms with Crippen molar-refractivity contribution in [3.63, 3.8) is 0 Å². The van der Waals surface area contributed by atoms with E-state index in [2.05, 4.69) is 10.3 Å². The summed E-state index contributed by atoms with van der Waals surface area (Å²) in [5, 5.41) is 4.12. The summed E-state index contributed by atoms with van der Waals surface area (Å²) >= 11 is 0. The topological polar surface area (TPSA) is 88.3 Å². The summed E-state index contributed by atoms with van der Waals surface area (Å²) in [7, 11) is 0. The Balaban J connectivity index is 1.20. The summed E-state index contributed by atoms with van der Waals surface area (Å²) in [5.74, 6) is 1.04. The molecule has 6 nitrogen and oxygen atoms in total. The number of hydrogen-bond acceptors (Lipinski definition) is 4. The highest BCUT2D eigenvalue weighted by molar-refractivity contribution is 5.98. The van der Waals surface area contributed by atoms with E-state index in [9.17, 15) is 14.4 Å². The van der Waals surface area contributed by atoms with E-state index in [1.807, 2.05) is 49.5 Å². The second-order valence-electron chi connectivity index (χ2n) is 11.7. The number of carbonyl (C=O) groups excluding carboxylic acids is 3. The summed E-state index contributed by atoms with van der Waals surface area (Å²) in [6.07, 6.45) is 8.69. The van der Waals surface area contributed by atoms with Gasteiger partial charge in [-0.25, -0.2) is 4.79 Å². The van der Waals surface area contributed by atoms with Crippen LogP contribution in [0.2, 0.25) is 0 Å². The molecule has 4 aliphatic carbocycles. The van der Waals surface area contributed by atoms with Gasteiger partial charge in [-0.05, 0) is 74.8 Å². The second kappa shape index (κ2) is 9.47. The Hall–Kier alpha value is -3.41. The molecule has 4 fully saturated rings. The number of amides is 1. The number of aromatic amines is 1. The number of ketones is 1. The number of Topliss-reactive ketones (excluding diaryl/α,β-unsaturated/α-hetero) is 1. The molecule has 4 bridgehead atoms. The van der Waals surface area contributed by atoms with E-state index in [-0.39, 0.29) is 23.7 Å². The maximum Gasteiger partial charge on any atom is 0.329 e. The Morgan fingerprint density at radius 1 is 0.973 bits per heavy atom. The predicted octanol–water partition coefficient (Wildman–Crippen LogP) is 5.15. The van der Waals surface area contributed by atoms with Gasteiger partial charge in [-0.1, -0.05) is 48.0 Å². The number of carbonyl (C=O) groups is 3. The van der Waals surface area contributed by atoms with Crippen LogP contribution in [-0.2, 0) is 20.7 Å². The number of aryl methyl sites for hydroxylation is 1. The molecule has 0 aliphatic heterocycles. The first-order valence-corrected chi connectivity index (χ1v) is 13.5. The molecule has 7 rings (SSSR count). The van der Waals surface area contributed by atoms with Crippen LogP contribution in [0.5, 0.6) is 0 Å². The average molecular weight is 499 g/mol. The summed E-state index contributed by atoms with van der Waals surface area (Å²) in [5.41, 5.74) is 3.11. The van der Waals surface area contributed by atoms with Gasteiger partial charge in [-0.3, -0.25) is 9.59 Å². The van der Waals surface area contributed by atoms with Crippen molar-refractivity contribution < 1.29 is 19.1 Å². The fourth-order valence-corrected chi connectivity index (χ4v) is 7.47. The molecule has 1 atom stereocenters. The van der Waals surface area contributed by atoms with Gasteiger partial charge in [0.15, 0.2) is 12.4 Å². The summed E-state index contributed by atoms with van der Waals surface area (Å²) in [6, 6.07) is 14.3. The molecule has 192 valence electrons. The summed E-state index contributed by atoms with van der Waals surface area (Å²) < 4.78 is 5.52. The highest BCUT2D eigenvalue weighted by Gasteiger charge is 2.55. The van der Waals surface area contributed by atoms with Crippen molar-refractivity contribution in [1.82, 2.24) is 10.3 Å². The Morgan fingerprint density at radius 2 is 1.62 bits per heavy atom. The third kappa shape index (κ3) is 4.70. The zero-order valence-electron chi connectivity index (χ0n) is 21.3. The standard InChI is InChI=1S/C31H34N2O4/c1-19-6-8-23(9-7-19)28(34)18-37-29(35)27(13-24-17-32-26-5-3-2-4-25(24)26)33-30(36)31-14-20-10-21(15-31)12-22(11-20)16-31/h2-9,17,20-22,27,32H,10-16,18H2,1H3,(H,33,36)/t20?,21?,22?,27-,31?/m1/s1. The summed E-state index contributed by atoms with van der Waals surface area (Å²) in [6.45, 7) is 1.61. The average Bonchev–Trinajstić information content (AvgIpc) is 3.29. The largest absolute Gasteiger partial charge is 0.456 e. The van der Waals surface area contributed by atoms with Crippen LogP contribution in [0.15, 0.2) is 54.7 Å². The number of H-pyrrole nitrogens is 1. The number of aromatic nitrogens is 1. The molecule has 1 aromatic heterocycles. The van der Waals surface area contributed by atoms with Gasteiger partial charge in [-0.2, -0.15) is 0 Å². The van der Waals surface area contributed by atoms with Crippen molar-refractivity contribution in [3.8, 4) is 0 Å². The molecule has 4 saturated carbocycles. The van der Waals surface area contributed by atoms with Gasteiger partial charge < -0.3 is 15.0 Å². The molecule has 0 saturated heterocycles.